The molecule has 0 unspecified atom stereocenters. The average molecular weight is 570 g/mol. The van der Waals surface area contributed by atoms with Gasteiger partial charge in [-0.15, -0.1) is 0 Å². The Labute approximate surface area is 255 Å². The van der Waals surface area contributed by atoms with E-state index in [9.17, 15) is 5.11 Å². The van der Waals surface area contributed by atoms with Gasteiger partial charge in [-0.3, -0.25) is 4.90 Å². The van der Waals surface area contributed by atoms with E-state index in [1.165, 1.54) is 5.56 Å². The number of rotatable bonds is 10. The first-order valence-corrected chi connectivity index (χ1v) is 15.1. The van der Waals surface area contributed by atoms with E-state index in [1.807, 2.05) is 36.4 Å². The van der Waals surface area contributed by atoms with Gasteiger partial charge < -0.3 is 14.6 Å². The molecule has 5 aromatic carbocycles. The lowest BCUT2D eigenvalue weighted by Gasteiger charge is -2.44. The topological polar surface area (TPSA) is 41.9 Å². The summed E-state index contributed by atoms with van der Waals surface area (Å²) in [6.07, 6.45) is -0.543. The third-order valence-corrected chi connectivity index (χ3v) is 8.66. The van der Waals surface area contributed by atoms with Crippen LogP contribution in [0.2, 0.25) is 0 Å². The van der Waals surface area contributed by atoms with Crippen molar-refractivity contribution in [3.8, 4) is 5.75 Å². The molecule has 0 spiro atoms. The van der Waals surface area contributed by atoms with Gasteiger partial charge in [0.05, 0.1) is 19.8 Å². The number of hydrogen-bond acceptors (Lipinski definition) is 4. The molecular weight excluding hydrogens is 530 g/mol. The zero-order valence-corrected chi connectivity index (χ0v) is 24.6. The molecule has 1 fully saturated rings. The van der Waals surface area contributed by atoms with Crippen LogP contribution in [0.3, 0.4) is 0 Å². The first kappa shape index (κ1) is 28.9. The molecule has 0 aliphatic carbocycles. The van der Waals surface area contributed by atoms with Crippen molar-refractivity contribution in [1.29, 1.82) is 0 Å². The summed E-state index contributed by atoms with van der Waals surface area (Å²) in [4.78, 5) is 2.36. The molecule has 218 valence electrons. The molecule has 6 rings (SSSR count). The predicted molar refractivity (Wildman–Crippen MR) is 172 cm³/mol. The lowest BCUT2D eigenvalue weighted by atomic mass is 9.77. The van der Waals surface area contributed by atoms with E-state index in [2.05, 4.69) is 114 Å². The number of hydrogen-bond donors (Lipinski definition) is 1. The highest BCUT2D eigenvalue weighted by atomic mass is 16.5. The predicted octanol–water partition coefficient (Wildman–Crippen LogP) is 7.28. The van der Waals surface area contributed by atoms with Crippen LogP contribution in [0.15, 0.2) is 146 Å². The average Bonchev–Trinajstić information content (AvgIpc) is 3.07. The Morgan fingerprint density at radius 2 is 1.14 bits per heavy atom. The van der Waals surface area contributed by atoms with Crippen molar-refractivity contribution in [2.45, 2.75) is 24.2 Å². The highest BCUT2D eigenvalue weighted by Gasteiger charge is 2.42. The van der Waals surface area contributed by atoms with Crippen molar-refractivity contribution in [2.75, 3.05) is 26.8 Å². The second-order valence-electron chi connectivity index (χ2n) is 11.4. The van der Waals surface area contributed by atoms with Gasteiger partial charge in [-0.25, -0.2) is 0 Å². The van der Waals surface area contributed by atoms with Gasteiger partial charge in [-0.1, -0.05) is 133 Å². The van der Waals surface area contributed by atoms with Gasteiger partial charge in [-0.05, 0) is 39.9 Å². The molecule has 4 heteroatoms. The minimum absolute atomic E-state index is 0.0383. The van der Waals surface area contributed by atoms with E-state index in [4.69, 9.17) is 9.47 Å². The smallest absolute Gasteiger partial charge is 0.143 e. The van der Waals surface area contributed by atoms with E-state index in [1.54, 1.807) is 7.11 Å². The summed E-state index contributed by atoms with van der Waals surface area (Å²) in [7, 11) is 1.68. The van der Waals surface area contributed by atoms with Crippen molar-refractivity contribution in [3.05, 3.63) is 173 Å². The Bertz CT molecular complexity index is 1450. The quantitative estimate of drug-likeness (QED) is 0.180. The van der Waals surface area contributed by atoms with Crippen LogP contribution in [0.1, 0.15) is 33.7 Å². The van der Waals surface area contributed by atoms with Crippen molar-refractivity contribution < 1.29 is 14.6 Å². The van der Waals surface area contributed by atoms with Gasteiger partial charge in [0.15, 0.2) is 0 Å². The number of ether oxygens (including phenoxy) is 2. The molecule has 0 saturated carbocycles. The third-order valence-electron chi connectivity index (χ3n) is 8.66. The normalized spacial score (nSPS) is 19.2. The van der Waals surface area contributed by atoms with Gasteiger partial charge in [0.2, 0.25) is 0 Å². The molecule has 0 bridgehead atoms. The standard InChI is InChI=1S/C39H39NO3/c1-42-36-24-22-31(23-25-36)38-32(27-40(28-37(38)41)26-30-14-6-2-7-15-30)29-43-39(33-16-8-3-9-17-33,34-18-10-4-11-19-34)35-20-12-5-13-21-35/h2-25,32,37-38,41H,26-29H2,1H3/t32-,37+,38+/m0/s1. The van der Waals surface area contributed by atoms with Gasteiger partial charge in [-0.2, -0.15) is 0 Å². The number of methoxy groups -OCH3 is 1. The minimum atomic E-state index is -0.819. The van der Waals surface area contributed by atoms with Crippen LogP contribution in [0.25, 0.3) is 0 Å². The number of aliphatic hydroxyl groups excluding tert-OH is 1. The first-order valence-electron chi connectivity index (χ1n) is 15.1. The fourth-order valence-electron chi connectivity index (χ4n) is 6.66. The van der Waals surface area contributed by atoms with Gasteiger partial charge in [0.1, 0.15) is 11.4 Å². The summed E-state index contributed by atoms with van der Waals surface area (Å²) >= 11 is 0. The molecule has 1 heterocycles. The summed E-state index contributed by atoms with van der Waals surface area (Å²) in [5.74, 6) is 0.762. The molecule has 0 aromatic heterocycles. The fraction of sp³-hybridized carbons (Fsp3) is 0.231. The Morgan fingerprint density at radius 1 is 0.651 bits per heavy atom. The number of benzene rings is 5. The fourth-order valence-corrected chi connectivity index (χ4v) is 6.66. The zero-order chi connectivity index (χ0) is 29.5. The van der Waals surface area contributed by atoms with Crippen LogP contribution in [0, 0.1) is 5.92 Å². The molecule has 1 saturated heterocycles. The molecule has 1 aliphatic rings. The highest BCUT2D eigenvalue weighted by molar-refractivity contribution is 5.47. The summed E-state index contributed by atoms with van der Waals surface area (Å²) in [5, 5.41) is 11.7. The Hall–Kier alpha value is -4.22. The highest BCUT2D eigenvalue weighted by Crippen LogP contribution is 2.43. The molecule has 43 heavy (non-hydrogen) atoms. The molecule has 4 nitrogen and oxygen atoms in total. The lowest BCUT2D eigenvalue weighted by molar-refractivity contribution is -0.0570. The number of β-amino-alcohol motifs (C(OH)–C–C–N with tert-alkyl or cyclic N) is 1. The van der Waals surface area contributed by atoms with Gasteiger partial charge in [0.25, 0.3) is 0 Å². The van der Waals surface area contributed by atoms with Crippen molar-refractivity contribution in [3.63, 3.8) is 0 Å². The maximum Gasteiger partial charge on any atom is 0.143 e. The first-order chi connectivity index (χ1) is 21.2. The SMILES string of the molecule is COc1ccc([C@@H]2[C@H](COC(c3ccccc3)(c3ccccc3)c3ccccc3)CN(Cc3ccccc3)C[C@H]2O)cc1. The van der Waals surface area contributed by atoms with Crippen LogP contribution >= 0.6 is 0 Å². The summed E-state index contributed by atoms with van der Waals surface area (Å²) in [6, 6.07) is 50.1. The molecule has 1 N–H and O–H groups in total. The van der Waals surface area contributed by atoms with Crippen LogP contribution in [-0.4, -0.2) is 42.9 Å². The van der Waals surface area contributed by atoms with Crippen molar-refractivity contribution >= 4 is 0 Å². The maximum absolute atomic E-state index is 11.7. The van der Waals surface area contributed by atoms with Gasteiger partial charge in [0, 0.05) is 31.5 Å². The number of nitrogens with zero attached hydrogens (tertiary/aromatic N) is 1. The van der Waals surface area contributed by atoms with E-state index in [-0.39, 0.29) is 11.8 Å². The van der Waals surface area contributed by atoms with Crippen LogP contribution in [-0.2, 0) is 16.9 Å². The number of aliphatic hydroxyl groups is 1. The largest absolute Gasteiger partial charge is 0.497 e. The Kier molecular flexibility index (Phi) is 8.99. The molecule has 1 aliphatic heterocycles. The van der Waals surface area contributed by atoms with Gasteiger partial charge >= 0.3 is 0 Å². The molecule has 0 amide bonds. The number of likely N-dealkylation sites (tertiary alicyclic amines) is 1. The molecule has 5 aromatic rings. The second kappa shape index (κ2) is 13.4. The third kappa shape index (κ3) is 6.28. The lowest BCUT2D eigenvalue weighted by Crippen LogP contribution is -2.50. The minimum Gasteiger partial charge on any atom is -0.497 e. The van der Waals surface area contributed by atoms with Crippen LogP contribution < -0.4 is 4.74 Å². The summed E-state index contributed by atoms with van der Waals surface area (Å²) < 4.78 is 12.7. The Morgan fingerprint density at radius 3 is 1.63 bits per heavy atom. The van der Waals surface area contributed by atoms with E-state index in [0.717, 1.165) is 41.1 Å². The maximum atomic E-state index is 11.7. The molecule has 3 atom stereocenters. The molecular formula is C39H39NO3. The monoisotopic (exact) mass is 569 g/mol. The summed E-state index contributed by atoms with van der Waals surface area (Å²) in [6.45, 7) is 2.64. The number of piperidine rings is 1. The van der Waals surface area contributed by atoms with Crippen molar-refractivity contribution in [2.24, 2.45) is 5.92 Å². The zero-order valence-electron chi connectivity index (χ0n) is 24.6. The summed E-state index contributed by atoms with van der Waals surface area (Å²) in [5.41, 5.74) is 4.75. The van der Waals surface area contributed by atoms with Crippen LogP contribution in [0.4, 0.5) is 0 Å². The van der Waals surface area contributed by atoms with Crippen LogP contribution in [0.5, 0.6) is 5.75 Å². The van der Waals surface area contributed by atoms with E-state index >= 15 is 0 Å². The molecule has 0 radical (unpaired) electrons. The second-order valence-corrected chi connectivity index (χ2v) is 11.4. The Balaban J connectivity index is 1.40. The van der Waals surface area contributed by atoms with E-state index in [0.29, 0.717) is 13.2 Å². The van der Waals surface area contributed by atoms with Crippen molar-refractivity contribution in [1.82, 2.24) is 4.90 Å². The van der Waals surface area contributed by atoms with E-state index < -0.39 is 11.7 Å².